The van der Waals surface area contributed by atoms with Crippen LogP contribution in [0.3, 0.4) is 0 Å². The zero-order valence-corrected chi connectivity index (χ0v) is 13.8. The molecule has 0 saturated heterocycles. The summed E-state index contributed by atoms with van der Waals surface area (Å²) in [4.78, 5) is 4.60. The van der Waals surface area contributed by atoms with Crippen molar-refractivity contribution in [3.05, 3.63) is 57.3 Å². The molecule has 108 valence electrons. The molecule has 0 bridgehead atoms. The monoisotopic (exact) mass is 358 g/mol. The van der Waals surface area contributed by atoms with E-state index in [0.29, 0.717) is 27.4 Å². The smallest absolute Gasteiger partial charge is 0.115 e. The summed E-state index contributed by atoms with van der Waals surface area (Å²) in [6.07, 6.45) is 0.607. The second-order valence-electron chi connectivity index (χ2n) is 4.51. The van der Waals surface area contributed by atoms with Gasteiger partial charge in [-0.3, -0.25) is 4.57 Å². The minimum atomic E-state index is 0.457. The van der Waals surface area contributed by atoms with Crippen molar-refractivity contribution in [1.82, 2.24) is 9.55 Å². The van der Waals surface area contributed by atoms with E-state index in [2.05, 4.69) is 4.98 Å². The molecule has 21 heavy (non-hydrogen) atoms. The molecule has 0 unspecified atom stereocenters. The van der Waals surface area contributed by atoms with Crippen LogP contribution in [0.4, 0.5) is 0 Å². The van der Waals surface area contributed by atoms with Crippen LogP contribution in [0.2, 0.25) is 15.1 Å². The highest BCUT2D eigenvalue weighted by Gasteiger charge is 2.16. The standard InChI is InChI=1S/C15H10Cl4N2/c16-7-6-14-20-12-3-1-2-11(19)15(12)21(14)13-8-9(17)4-5-10(13)18/h1-5,8H,6-7H2. The Morgan fingerprint density at radius 1 is 1.00 bits per heavy atom. The Hall–Kier alpha value is -0.930. The van der Waals surface area contributed by atoms with Gasteiger partial charge in [-0.25, -0.2) is 4.98 Å². The van der Waals surface area contributed by atoms with Gasteiger partial charge in [0.2, 0.25) is 0 Å². The van der Waals surface area contributed by atoms with E-state index >= 15 is 0 Å². The van der Waals surface area contributed by atoms with Crippen LogP contribution in [-0.4, -0.2) is 15.4 Å². The second-order valence-corrected chi connectivity index (χ2v) is 6.13. The zero-order chi connectivity index (χ0) is 15.0. The van der Waals surface area contributed by atoms with Crippen LogP contribution in [0, 0.1) is 0 Å². The summed E-state index contributed by atoms with van der Waals surface area (Å²) in [6, 6.07) is 10.9. The minimum Gasteiger partial charge on any atom is -0.293 e. The minimum absolute atomic E-state index is 0.457. The van der Waals surface area contributed by atoms with E-state index in [1.807, 2.05) is 22.8 Å². The number of imidazole rings is 1. The number of hydrogen-bond donors (Lipinski definition) is 0. The molecule has 0 N–H and O–H groups in total. The molecule has 0 saturated carbocycles. The lowest BCUT2D eigenvalue weighted by molar-refractivity contribution is 0.912. The molecule has 0 fully saturated rings. The Morgan fingerprint density at radius 3 is 2.57 bits per heavy atom. The summed E-state index contributed by atoms with van der Waals surface area (Å²) in [5, 5.41) is 1.78. The number of halogens is 4. The third kappa shape index (κ3) is 2.74. The largest absolute Gasteiger partial charge is 0.293 e. The van der Waals surface area contributed by atoms with Crippen molar-refractivity contribution in [2.75, 3.05) is 5.88 Å². The van der Waals surface area contributed by atoms with Crippen LogP contribution in [0.15, 0.2) is 36.4 Å². The maximum absolute atomic E-state index is 6.35. The van der Waals surface area contributed by atoms with Gasteiger partial charge in [-0.1, -0.05) is 40.9 Å². The van der Waals surface area contributed by atoms with Gasteiger partial charge < -0.3 is 0 Å². The Labute approximate surface area is 142 Å². The summed E-state index contributed by atoms with van der Waals surface area (Å²) < 4.78 is 1.92. The first-order valence-electron chi connectivity index (χ1n) is 6.29. The van der Waals surface area contributed by atoms with Crippen LogP contribution in [0.1, 0.15) is 5.82 Å². The van der Waals surface area contributed by atoms with E-state index in [0.717, 1.165) is 22.5 Å². The molecule has 6 heteroatoms. The van der Waals surface area contributed by atoms with E-state index in [9.17, 15) is 0 Å². The van der Waals surface area contributed by atoms with E-state index in [1.165, 1.54) is 0 Å². The second kappa shape index (κ2) is 6.05. The number of para-hydroxylation sites is 1. The van der Waals surface area contributed by atoms with Crippen molar-refractivity contribution in [2.24, 2.45) is 0 Å². The molecule has 3 rings (SSSR count). The molecule has 1 aromatic heterocycles. The highest BCUT2D eigenvalue weighted by atomic mass is 35.5. The molecule has 0 atom stereocenters. The van der Waals surface area contributed by atoms with Crippen molar-refractivity contribution in [1.29, 1.82) is 0 Å². The normalized spacial score (nSPS) is 11.2. The van der Waals surface area contributed by atoms with Crippen molar-refractivity contribution < 1.29 is 0 Å². The molecule has 2 nitrogen and oxygen atoms in total. The fraction of sp³-hybridized carbons (Fsp3) is 0.133. The Bertz CT molecular complexity index is 811. The topological polar surface area (TPSA) is 17.8 Å². The van der Waals surface area contributed by atoms with Crippen molar-refractivity contribution in [3.8, 4) is 5.69 Å². The van der Waals surface area contributed by atoms with Gasteiger partial charge in [0.1, 0.15) is 5.82 Å². The van der Waals surface area contributed by atoms with Gasteiger partial charge in [0.05, 0.1) is 26.8 Å². The van der Waals surface area contributed by atoms with Crippen LogP contribution in [0.5, 0.6) is 0 Å². The number of fused-ring (bicyclic) bond motifs is 1. The quantitative estimate of drug-likeness (QED) is 0.543. The SMILES string of the molecule is ClCCc1nc2cccc(Cl)c2n1-c1cc(Cl)ccc1Cl. The van der Waals surface area contributed by atoms with E-state index in [-0.39, 0.29) is 0 Å². The predicted molar refractivity (Wildman–Crippen MR) is 90.5 cm³/mol. The van der Waals surface area contributed by atoms with Gasteiger partial charge in [0, 0.05) is 17.3 Å². The third-order valence-electron chi connectivity index (χ3n) is 3.16. The first-order valence-corrected chi connectivity index (χ1v) is 7.96. The number of rotatable bonds is 3. The van der Waals surface area contributed by atoms with Crippen LogP contribution in [0.25, 0.3) is 16.7 Å². The molecule has 0 spiro atoms. The predicted octanol–water partition coefficient (Wildman–Crippen LogP) is 5.77. The van der Waals surface area contributed by atoms with E-state index in [1.54, 1.807) is 18.2 Å². The van der Waals surface area contributed by atoms with E-state index in [4.69, 9.17) is 46.4 Å². The summed E-state index contributed by atoms with van der Waals surface area (Å²) in [5.41, 5.74) is 2.36. The molecular weight excluding hydrogens is 350 g/mol. The lowest BCUT2D eigenvalue weighted by atomic mass is 10.2. The van der Waals surface area contributed by atoms with Crippen LogP contribution < -0.4 is 0 Å². The number of alkyl halides is 1. The Balaban J connectivity index is 2.38. The molecule has 0 aliphatic carbocycles. The summed E-state index contributed by atoms with van der Waals surface area (Å²) >= 11 is 24.7. The van der Waals surface area contributed by atoms with Gasteiger partial charge in [-0.05, 0) is 30.3 Å². The summed E-state index contributed by atoms with van der Waals surface area (Å²) in [5.74, 6) is 1.26. The first-order chi connectivity index (χ1) is 10.1. The van der Waals surface area contributed by atoms with Gasteiger partial charge in [-0.2, -0.15) is 0 Å². The molecular formula is C15H10Cl4N2. The fourth-order valence-electron chi connectivity index (χ4n) is 2.30. The molecule has 1 heterocycles. The van der Waals surface area contributed by atoms with Gasteiger partial charge in [-0.15, -0.1) is 11.6 Å². The van der Waals surface area contributed by atoms with Crippen molar-refractivity contribution in [3.63, 3.8) is 0 Å². The Kier molecular flexibility index (Phi) is 4.32. The van der Waals surface area contributed by atoms with Crippen LogP contribution >= 0.6 is 46.4 Å². The lowest BCUT2D eigenvalue weighted by Crippen LogP contribution is -2.03. The maximum Gasteiger partial charge on any atom is 0.115 e. The number of aryl methyl sites for hydroxylation is 1. The molecule has 2 aromatic carbocycles. The first kappa shape index (κ1) is 15.0. The molecule has 0 aliphatic rings. The van der Waals surface area contributed by atoms with Gasteiger partial charge in [0.15, 0.2) is 0 Å². The van der Waals surface area contributed by atoms with Crippen molar-refractivity contribution in [2.45, 2.75) is 6.42 Å². The molecule has 3 aromatic rings. The number of benzene rings is 2. The summed E-state index contributed by atoms with van der Waals surface area (Å²) in [6.45, 7) is 0. The van der Waals surface area contributed by atoms with Gasteiger partial charge in [0.25, 0.3) is 0 Å². The highest BCUT2D eigenvalue weighted by molar-refractivity contribution is 6.36. The lowest BCUT2D eigenvalue weighted by Gasteiger charge is -2.11. The van der Waals surface area contributed by atoms with Crippen molar-refractivity contribution >= 4 is 57.4 Å². The van der Waals surface area contributed by atoms with Gasteiger partial charge >= 0.3 is 0 Å². The van der Waals surface area contributed by atoms with Crippen LogP contribution in [-0.2, 0) is 6.42 Å². The average Bonchev–Trinajstić information content (AvgIpc) is 2.81. The average molecular weight is 360 g/mol. The maximum atomic E-state index is 6.35. The summed E-state index contributed by atoms with van der Waals surface area (Å²) in [7, 11) is 0. The molecule has 0 radical (unpaired) electrons. The third-order valence-corrected chi connectivity index (χ3v) is 4.21. The fourth-order valence-corrected chi connectivity index (χ4v) is 3.09. The zero-order valence-electron chi connectivity index (χ0n) is 10.8. The van der Waals surface area contributed by atoms with E-state index < -0.39 is 0 Å². The molecule has 0 amide bonds. The number of nitrogens with zero attached hydrogens (tertiary/aromatic N) is 2. The number of aromatic nitrogens is 2. The Morgan fingerprint density at radius 2 is 1.81 bits per heavy atom. The highest BCUT2D eigenvalue weighted by Crippen LogP contribution is 2.32. The molecule has 0 aliphatic heterocycles. The number of hydrogen-bond acceptors (Lipinski definition) is 1.